The number of nitrogens with two attached hydrogens (primary N) is 1. The maximum absolute atomic E-state index is 13.0. The van der Waals surface area contributed by atoms with E-state index in [9.17, 15) is 34.5 Å². The number of carboxylic acid groups (broad SMARTS) is 1. The van der Waals surface area contributed by atoms with Crippen LogP contribution in [0.25, 0.3) is 0 Å². The van der Waals surface area contributed by atoms with Gasteiger partial charge in [-0.3, -0.25) is 14.4 Å². The Balaban J connectivity index is 2.03. The van der Waals surface area contributed by atoms with E-state index in [1.165, 1.54) is 24.3 Å². The molecule has 4 atom stereocenters. The van der Waals surface area contributed by atoms with Crippen LogP contribution < -0.4 is 21.7 Å². The molecule has 0 bridgehead atoms. The van der Waals surface area contributed by atoms with E-state index in [2.05, 4.69) is 16.0 Å². The predicted octanol–water partition coefficient (Wildman–Crippen LogP) is 0.427. The first-order valence-corrected chi connectivity index (χ1v) is 11.9. The summed E-state index contributed by atoms with van der Waals surface area (Å²) in [6.07, 6.45) is 0.730. The Kier molecular flexibility index (Phi) is 10.9. The number of aromatic hydroxyl groups is 2. The molecule has 0 aliphatic carbocycles. The van der Waals surface area contributed by atoms with Crippen molar-refractivity contribution in [2.24, 2.45) is 11.7 Å². The van der Waals surface area contributed by atoms with Gasteiger partial charge < -0.3 is 37.0 Å². The molecule has 2 aromatic rings. The normalized spacial score (nSPS) is 14.0. The molecule has 0 aromatic heterocycles. The second-order valence-electron chi connectivity index (χ2n) is 8.90. The van der Waals surface area contributed by atoms with Gasteiger partial charge in [0.05, 0.1) is 12.6 Å². The van der Waals surface area contributed by atoms with E-state index in [4.69, 9.17) is 5.73 Å². The molecular weight excluding hydrogens is 480 g/mol. The molecule has 0 fully saturated rings. The molecule has 2 rings (SSSR count). The molecule has 11 nitrogen and oxygen atoms in total. The van der Waals surface area contributed by atoms with Crippen molar-refractivity contribution in [3.05, 3.63) is 59.7 Å². The number of hydrogen-bond donors (Lipinski definition) is 7. The van der Waals surface area contributed by atoms with Crippen LogP contribution in [0.15, 0.2) is 48.5 Å². The highest BCUT2D eigenvalue weighted by molar-refractivity contribution is 5.92. The molecule has 8 N–H and O–H groups in total. The molecule has 0 aliphatic heterocycles. The summed E-state index contributed by atoms with van der Waals surface area (Å²) in [5.41, 5.74) is 7.26. The first-order valence-electron chi connectivity index (χ1n) is 11.9. The molecular formula is C26H34N4O7. The molecule has 0 saturated heterocycles. The van der Waals surface area contributed by atoms with Crippen molar-refractivity contribution in [2.45, 2.75) is 51.2 Å². The van der Waals surface area contributed by atoms with Gasteiger partial charge in [-0.25, -0.2) is 4.79 Å². The molecule has 0 aliphatic rings. The van der Waals surface area contributed by atoms with Gasteiger partial charge in [-0.1, -0.05) is 44.5 Å². The minimum Gasteiger partial charge on any atom is -0.508 e. The zero-order chi connectivity index (χ0) is 27.5. The van der Waals surface area contributed by atoms with Crippen molar-refractivity contribution in [2.75, 3.05) is 6.54 Å². The topological polar surface area (TPSA) is 191 Å². The first kappa shape index (κ1) is 29.1. The maximum Gasteiger partial charge on any atom is 0.326 e. The van der Waals surface area contributed by atoms with E-state index in [1.807, 2.05) is 0 Å². The molecule has 11 heteroatoms. The number of aliphatic carboxylic acids is 1. The highest BCUT2D eigenvalue weighted by atomic mass is 16.4. The molecule has 3 amide bonds. The van der Waals surface area contributed by atoms with Crippen molar-refractivity contribution >= 4 is 23.7 Å². The van der Waals surface area contributed by atoms with Gasteiger partial charge >= 0.3 is 5.97 Å². The monoisotopic (exact) mass is 514 g/mol. The third-order valence-corrected chi connectivity index (χ3v) is 5.96. The number of phenols is 2. The zero-order valence-electron chi connectivity index (χ0n) is 20.8. The lowest BCUT2D eigenvalue weighted by Crippen LogP contribution is -2.55. The maximum atomic E-state index is 13.0. The fourth-order valence-corrected chi connectivity index (χ4v) is 3.54. The number of carbonyl (C=O) groups is 4. The fraction of sp³-hybridized carbons (Fsp3) is 0.385. The third-order valence-electron chi connectivity index (χ3n) is 5.96. The zero-order valence-corrected chi connectivity index (χ0v) is 20.8. The minimum atomic E-state index is -1.19. The van der Waals surface area contributed by atoms with Crippen LogP contribution in [-0.4, -0.2) is 63.7 Å². The number of carbonyl (C=O) groups excluding carboxylic acids is 3. The average molecular weight is 515 g/mol. The van der Waals surface area contributed by atoms with Crippen LogP contribution in [0.5, 0.6) is 11.5 Å². The SMILES string of the molecule is CCC(C)C(NC(=O)C(Cc1ccc(O)cc1)NC(=O)CNC(=O)C(N)Cc1ccc(O)cc1)C(=O)O. The van der Waals surface area contributed by atoms with Crippen LogP contribution >= 0.6 is 0 Å². The van der Waals surface area contributed by atoms with Gasteiger partial charge in [0.1, 0.15) is 23.6 Å². The van der Waals surface area contributed by atoms with E-state index < -0.39 is 48.4 Å². The van der Waals surface area contributed by atoms with Crippen LogP contribution in [0.4, 0.5) is 0 Å². The summed E-state index contributed by atoms with van der Waals surface area (Å²) in [4.78, 5) is 49.6. The number of rotatable bonds is 13. The van der Waals surface area contributed by atoms with Crippen molar-refractivity contribution in [1.29, 1.82) is 0 Å². The van der Waals surface area contributed by atoms with Gasteiger partial charge in [0.25, 0.3) is 0 Å². The number of benzene rings is 2. The highest BCUT2D eigenvalue weighted by Gasteiger charge is 2.30. The predicted molar refractivity (Wildman–Crippen MR) is 136 cm³/mol. The highest BCUT2D eigenvalue weighted by Crippen LogP contribution is 2.13. The molecule has 200 valence electrons. The molecule has 0 spiro atoms. The smallest absolute Gasteiger partial charge is 0.326 e. The van der Waals surface area contributed by atoms with E-state index in [-0.39, 0.29) is 30.3 Å². The lowest BCUT2D eigenvalue weighted by Gasteiger charge is -2.24. The molecule has 0 radical (unpaired) electrons. The number of phenolic OH excluding ortho intramolecular Hbond substituents is 2. The quantitative estimate of drug-likeness (QED) is 0.200. The number of hydrogen-bond acceptors (Lipinski definition) is 7. The Morgan fingerprint density at radius 2 is 1.35 bits per heavy atom. The molecule has 0 saturated carbocycles. The van der Waals surface area contributed by atoms with Crippen molar-refractivity contribution < 1.29 is 34.5 Å². The largest absolute Gasteiger partial charge is 0.508 e. The molecule has 0 heterocycles. The van der Waals surface area contributed by atoms with Crippen molar-refractivity contribution in [3.63, 3.8) is 0 Å². The van der Waals surface area contributed by atoms with Gasteiger partial charge in [0.2, 0.25) is 17.7 Å². The summed E-state index contributed by atoms with van der Waals surface area (Å²) >= 11 is 0. The summed E-state index contributed by atoms with van der Waals surface area (Å²) in [7, 11) is 0. The minimum absolute atomic E-state index is 0.0268. The van der Waals surface area contributed by atoms with Crippen molar-refractivity contribution in [1.82, 2.24) is 16.0 Å². The Bertz CT molecular complexity index is 1070. The van der Waals surface area contributed by atoms with E-state index in [1.54, 1.807) is 38.1 Å². The second kappa shape index (κ2) is 13.8. The fourth-order valence-electron chi connectivity index (χ4n) is 3.54. The third kappa shape index (κ3) is 9.45. The summed E-state index contributed by atoms with van der Waals surface area (Å²) in [6, 6.07) is 9.01. The van der Waals surface area contributed by atoms with Crippen LogP contribution in [0, 0.1) is 5.92 Å². The van der Waals surface area contributed by atoms with Gasteiger partial charge in [0.15, 0.2) is 0 Å². The lowest BCUT2D eigenvalue weighted by molar-refractivity contribution is -0.143. The lowest BCUT2D eigenvalue weighted by atomic mass is 9.98. The summed E-state index contributed by atoms with van der Waals surface area (Å²) in [5.74, 6) is -3.35. The molecule has 2 aromatic carbocycles. The Hall–Kier alpha value is -4.12. The molecule has 37 heavy (non-hydrogen) atoms. The van der Waals surface area contributed by atoms with Crippen LogP contribution in [0.2, 0.25) is 0 Å². The van der Waals surface area contributed by atoms with Gasteiger partial charge in [0, 0.05) is 6.42 Å². The summed E-state index contributed by atoms with van der Waals surface area (Å²) in [5, 5.41) is 35.8. The van der Waals surface area contributed by atoms with Gasteiger partial charge in [-0.15, -0.1) is 0 Å². The summed E-state index contributed by atoms with van der Waals surface area (Å²) in [6.45, 7) is 3.05. The first-order chi connectivity index (χ1) is 17.5. The Morgan fingerprint density at radius 3 is 1.84 bits per heavy atom. The van der Waals surface area contributed by atoms with Gasteiger partial charge in [-0.2, -0.15) is 0 Å². The second-order valence-corrected chi connectivity index (χ2v) is 8.90. The Labute approximate surface area is 215 Å². The Morgan fingerprint density at radius 1 is 0.838 bits per heavy atom. The number of amides is 3. The van der Waals surface area contributed by atoms with E-state index in [0.29, 0.717) is 12.0 Å². The number of carboxylic acids is 1. The van der Waals surface area contributed by atoms with Crippen LogP contribution in [-0.2, 0) is 32.0 Å². The van der Waals surface area contributed by atoms with E-state index in [0.717, 1.165) is 5.56 Å². The van der Waals surface area contributed by atoms with Crippen molar-refractivity contribution in [3.8, 4) is 11.5 Å². The average Bonchev–Trinajstić information content (AvgIpc) is 2.87. The standard InChI is InChI=1S/C26H34N4O7/c1-3-15(2)23(26(36)37)30-25(35)21(13-17-6-10-19(32)11-7-17)29-22(33)14-28-24(34)20(27)12-16-4-8-18(31)9-5-16/h4-11,15,20-21,23,31-32H,3,12-14,27H2,1-2H3,(H,28,34)(H,29,33)(H,30,35)(H,36,37). The van der Waals surface area contributed by atoms with E-state index >= 15 is 0 Å². The van der Waals surface area contributed by atoms with Crippen LogP contribution in [0.3, 0.4) is 0 Å². The summed E-state index contributed by atoms with van der Waals surface area (Å²) < 4.78 is 0. The van der Waals surface area contributed by atoms with Gasteiger partial charge in [-0.05, 0) is 47.7 Å². The number of nitrogens with one attached hydrogen (secondary N) is 3. The molecule has 4 unspecified atom stereocenters. The van der Waals surface area contributed by atoms with Crippen LogP contribution in [0.1, 0.15) is 31.4 Å².